The standard InChI is InChI=1S/C9H17N3O4/c1-9(2,3)11-8(16)12(4-6(10)13)5-7(14)15/h4-5H2,1-3H3,(H2,10,13)(H,11,16)(H,14,15). The van der Waals surface area contributed by atoms with E-state index in [1.54, 1.807) is 20.8 Å². The van der Waals surface area contributed by atoms with Crippen molar-refractivity contribution in [2.24, 2.45) is 5.73 Å². The van der Waals surface area contributed by atoms with Crippen LogP contribution in [0, 0.1) is 0 Å². The number of nitrogens with two attached hydrogens (primary N) is 1. The Morgan fingerprint density at radius 1 is 1.25 bits per heavy atom. The van der Waals surface area contributed by atoms with E-state index in [9.17, 15) is 14.4 Å². The lowest BCUT2D eigenvalue weighted by molar-refractivity contribution is -0.137. The first kappa shape index (κ1) is 14.2. The molecule has 16 heavy (non-hydrogen) atoms. The zero-order chi connectivity index (χ0) is 12.9. The summed E-state index contributed by atoms with van der Waals surface area (Å²) < 4.78 is 0. The summed E-state index contributed by atoms with van der Waals surface area (Å²) in [5.74, 6) is -1.96. The van der Waals surface area contributed by atoms with E-state index in [0.29, 0.717) is 0 Å². The molecule has 0 aliphatic rings. The van der Waals surface area contributed by atoms with Gasteiger partial charge < -0.3 is 21.1 Å². The molecule has 0 spiro atoms. The maximum atomic E-state index is 11.6. The van der Waals surface area contributed by atoms with Gasteiger partial charge in [0.15, 0.2) is 0 Å². The number of hydrogen-bond acceptors (Lipinski definition) is 3. The smallest absolute Gasteiger partial charge is 0.323 e. The van der Waals surface area contributed by atoms with Gasteiger partial charge in [-0.1, -0.05) is 0 Å². The average Bonchev–Trinajstić information content (AvgIpc) is 1.97. The van der Waals surface area contributed by atoms with Gasteiger partial charge in [0.2, 0.25) is 5.91 Å². The number of primary amides is 1. The molecule has 0 unspecified atom stereocenters. The molecule has 0 radical (unpaired) electrons. The first-order valence-corrected chi connectivity index (χ1v) is 4.69. The van der Waals surface area contributed by atoms with Gasteiger partial charge in [0.1, 0.15) is 13.1 Å². The number of nitrogens with zero attached hydrogens (tertiary/aromatic N) is 1. The van der Waals surface area contributed by atoms with E-state index in [1.807, 2.05) is 0 Å². The SMILES string of the molecule is CC(C)(C)NC(=O)N(CC(N)=O)CC(=O)O. The zero-order valence-electron chi connectivity index (χ0n) is 9.61. The van der Waals surface area contributed by atoms with Crippen molar-refractivity contribution in [1.29, 1.82) is 0 Å². The van der Waals surface area contributed by atoms with Gasteiger partial charge in [0, 0.05) is 5.54 Å². The lowest BCUT2D eigenvalue weighted by atomic mass is 10.1. The lowest BCUT2D eigenvalue weighted by Crippen LogP contribution is -2.52. The van der Waals surface area contributed by atoms with Crippen LogP contribution in [0.15, 0.2) is 0 Å². The largest absolute Gasteiger partial charge is 0.480 e. The third kappa shape index (κ3) is 6.63. The molecule has 0 aromatic carbocycles. The summed E-state index contributed by atoms with van der Waals surface area (Å²) in [4.78, 5) is 33.6. The van der Waals surface area contributed by atoms with E-state index in [-0.39, 0.29) is 0 Å². The van der Waals surface area contributed by atoms with Crippen molar-refractivity contribution in [2.75, 3.05) is 13.1 Å². The number of rotatable bonds is 4. The van der Waals surface area contributed by atoms with Crippen LogP contribution in [0.2, 0.25) is 0 Å². The van der Waals surface area contributed by atoms with Crippen LogP contribution >= 0.6 is 0 Å². The molecular formula is C9H17N3O4. The Balaban J connectivity index is 4.56. The van der Waals surface area contributed by atoms with Gasteiger partial charge >= 0.3 is 12.0 Å². The molecule has 0 rings (SSSR count). The molecule has 0 aliphatic carbocycles. The van der Waals surface area contributed by atoms with Crippen LogP contribution in [0.25, 0.3) is 0 Å². The molecule has 0 heterocycles. The monoisotopic (exact) mass is 231 g/mol. The quantitative estimate of drug-likeness (QED) is 0.597. The maximum absolute atomic E-state index is 11.6. The molecule has 0 fully saturated rings. The molecule has 3 amide bonds. The van der Waals surface area contributed by atoms with Gasteiger partial charge in [-0.05, 0) is 20.8 Å². The normalized spacial score (nSPS) is 10.7. The average molecular weight is 231 g/mol. The van der Waals surface area contributed by atoms with Gasteiger partial charge in [-0.25, -0.2) is 4.79 Å². The Kier molecular flexibility index (Phi) is 4.74. The van der Waals surface area contributed by atoms with Crippen molar-refractivity contribution in [3.8, 4) is 0 Å². The molecule has 7 nitrogen and oxygen atoms in total. The van der Waals surface area contributed by atoms with E-state index < -0.39 is 36.5 Å². The number of amides is 3. The highest BCUT2D eigenvalue weighted by Crippen LogP contribution is 2.01. The number of carbonyl (C=O) groups is 3. The van der Waals surface area contributed by atoms with Gasteiger partial charge in [0.25, 0.3) is 0 Å². The second kappa shape index (κ2) is 5.34. The highest BCUT2D eigenvalue weighted by Gasteiger charge is 2.22. The number of carboxylic acid groups (broad SMARTS) is 1. The summed E-state index contributed by atoms with van der Waals surface area (Å²) in [6.07, 6.45) is 0. The summed E-state index contributed by atoms with van der Waals surface area (Å²) in [6, 6.07) is -0.631. The second-order valence-corrected chi connectivity index (χ2v) is 4.40. The van der Waals surface area contributed by atoms with Crippen molar-refractivity contribution in [2.45, 2.75) is 26.3 Å². The molecule has 0 aliphatic heterocycles. The van der Waals surface area contributed by atoms with Crippen molar-refractivity contribution < 1.29 is 19.5 Å². The summed E-state index contributed by atoms with van der Waals surface area (Å²) in [5, 5.41) is 11.1. The Labute approximate surface area is 93.6 Å². The van der Waals surface area contributed by atoms with Crippen LogP contribution in [0.4, 0.5) is 4.79 Å². The molecule has 0 bridgehead atoms. The Hall–Kier alpha value is -1.79. The van der Waals surface area contributed by atoms with Crippen LogP contribution in [0.5, 0.6) is 0 Å². The fraction of sp³-hybridized carbons (Fsp3) is 0.667. The minimum absolute atomic E-state index is 0.422. The highest BCUT2D eigenvalue weighted by molar-refractivity contribution is 5.86. The number of aliphatic carboxylic acids is 1. The van der Waals surface area contributed by atoms with Gasteiger partial charge in [-0.15, -0.1) is 0 Å². The number of hydrogen-bond donors (Lipinski definition) is 3. The molecule has 0 atom stereocenters. The molecule has 0 aromatic rings. The van der Waals surface area contributed by atoms with Crippen LogP contribution in [-0.2, 0) is 9.59 Å². The molecule has 92 valence electrons. The van der Waals surface area contributed by atoms with Gasteiger partial charge in [0.05, 0.1) is 0 Å². The van der Waals surface area contributed by atoms with Crippen LogP contribution in [0.1, 0.15) is 20.8 Å². The number of nitrogens with one attached hydrogen (secondary N) is 1. The number of carbonyl (C=O) groups excluding carboxylic acids is 2. The minimum atomic E-state index is -1.20. The molecule has 4 N–H and O–H groups in total. The van der Waals surface area contributed by atoms with Crippen LogP contribution < -0.4 is 11.1 Å². The minimum Gasteiger partial charge on any atom is -0.480 e. The van der Waals surface area contributed by atoms with Crippen LogP contribution in [0.3, 0.4) is 0 Å². The number of carboxylic acids is 1. The lowest BCUT2D eigenvalue weighted by Gasteiger charge is -2.26. The molecule has 0 saturated heterocycles. The van der Waals surface area contributed by atoms with Gasteiger partial charge in [-0.2, -0.15) is 0 Å². The van der Waals surface area contributed by atoms with Gasteiger partial charge in [-0.3, -0.25) is 9.59 Å². The summed E-state index contributed by atoms with van der Waals surface area (Å²) in [5.41, 5.74) is 4.41. The molecular weight excluding hydrogens is 214 g/mol. The third-order valence-electron chi connectivity index (χ3n) is 1.44. The Bertz CT molecular complexity index is 280. The van der Waals surface area contributed by atoms with Crippen molar-refractivity contribution in [1.82, 2.24) is 10.2 Å². The van der Waals surface area contributed by atoms with Crippen molar-refractivity contribution in [3.63, 3.8) is 0 Å². The van der Waals surface area contributed by atoms with E-state index in [1.165, 1.54) is 0 Å². The summed E-state index contributed by atoms with van der Waals surface area (Å²) in [6.45, 7) is 4.25. The molecule has 0 aromatic heterocycles. The Morgan fingerprint density at radius 3 is 2.06 bits per heavy atom. The van der Waals surface area contributed by atoms with E-state index in [4.69, 9.17) is 10.8 Å². The fourth-order valence-corrected chi connectivity index (χ4v) is 0.951. The zero-order valence-corrected chi connectivity index (χ0v) is 9.61. The topological polar surface area (TPSA) is 113 Å². The van der Waals surface area contributed by atoms with E-state index in [2.05, 4.69) is 5.32 Å². The summed E-state index contributed by atoms with van der Waals surface area (Å²) in [7, 11) is 0. The van der Waals surface area contributed by atoms with E-state index >= 15 is 0 Å². The maximum Gasteiger partial charge on any atom is 0.323 e. The Morgan fingerprint density at radius 2 is 1.75 bits per heavy atom. The second-order valence-electron chi connectivity index (χ2n) is 4.40. The predicted molar refractivity (Wildman–Crippen MR) is 56.7 cm³/mol. The summed E-state index contributed by atoms with van der Waals surface area (Å²) >= 11 is 0. The molecule has 7 heteroatoms. The van der Waals surface area contributed by atoms with Crippen LogP contribution in [-0.4, -0.2) is 46.5 Å². The third-order valence-corrected chi connectivity index (χ3v) is 1.44. The predicted octanol–water partition coefficient (Wildman–Crippen LogP) is -0.634. The first-order valence-electron chi connectivity index (χ1n) is 4.69. The first-order chi connectivity index (χ1) is 7.11. The fourth-order valence-electron chi connectivity index (χ4n) is 0.951. The molecule has 0 saturated carbocycles. The van der Waals surface area contributed by atoms with E-state index in [0.717, 1.165) is 4.90 Å². The van der Waals surface area contributed by atoms with Crippen molar-refractivity contribution >= 4 is 17.9 Å². The highest BCUT2D eigenvalue weighted by atomic mass is 16.4. The number of urea groups is 1. The van der Waals surface area contributed by atoms with Crippen molar-refractivity contribution in [3.05, 3.63) is 0 Å².